The molecule has 2 heteroatoms. The van der Waals surface area contributed by atoms with Crippen molar-refractivity contribution in [3.05, 3.63) is 0 Å². The molecule has 0 aromatic rings. The Hall–Kier alpha value is -0.0800. The highest BCUT2D eigenvalue weighted by Gasteiger charge is 2.28. The number of nitrogens with one attached hydrogen (secondary N) is 1. The van der Waals surface area contributed by atoms with Gasteiger partial charge in [0.05, 0.1) is 0 Å². The van der Waals surface area contributed by atoms with Crippen LogP contribution in [-0.2, 0) is 0 Å². The average Bonchev–Trinajstić information content (AvgIpc) is 3.02. The summed E-state index contributed by atoms with van der Waals surface area (Å²) < 4.78 is 0. The van der Waals surface area contributed by atoms with Gasteiger partial charge in [0.25, 0.3) is 0 Å². The van der Waals surface area contributed by atoms with E-state index in [1.54, 1.807) is 0 Å². The highest BCUT2D eigenvalue weighted by molar-refractivity contribution is 4.87. The topological polar surface area (TPSA) is 15.3 Å². The van der Waals surface area contributed by atoms with Gasteiger partial charge in [-0.15, -0.1) is 0 Å². The van der Waals surface area contributed by atoms with Crippen molar-refractivity contribution in [1.82, 2.24) is 10.2 Å². The van der Waals surface area contributed by atoms with Crippen LogP contribution in [0.3, 0.4) is 0 Å². The maximum Gasteiger partial charge on any atom is 0.00818 e. The van der Waals surface area contributed by atoms with Gasteiger partial charge in [-0.25, -0.2) is 0 Å². The fourth-order valence-corrected chi connectivity index (χ4v) is 2.54. The summed E-state index contributed by atoms with van der Waals surface area (Å²) in [5, 5.41) is 3.74. The maximum absolute atomic E-state index is 3.74. The summed E-state index contributed by atoms with van der Waals surface area (Å²) in [6.07, 6.45) is 5.65. The van der Waals surface area contributed by atoms with E-state index in [1.165, 1.54) is 45.3 Å². The lowest BCUT2D eigenvalue weighted by atomic mass is 9.91. The van der Waals surface area contributed by atoms with Crippen LogP contribution in [-0.4, -0.2) is 36.6 Å². The lowest BCUT2D eigenvalue weighted by Crippen LogP contribution is -2.44. The van der Waals surface area contributed by atoms with Crippen LogP contribution in [0.4, 0.5) is 0 Å². The van der Waals surface area contributed by atoms with Crippen molar-refractivity contribution in [2.45, 2.75) is 51.6 Å². The molecule has 1 saturated heterocycles. The molecule has 0 aromatic carbocycles. The van der Waals surface area contributed by atoms with Crippen LogP contribution in [0.25, 0.3) is 0 Å². The monoisotopic (exact) mass is 196 g/mol. The lowest BCUT2D eigenvalue weighted by Gasteiger charge is -2.35. The Morgan fingerprint density at radius 2 is 2.14 bits per heavy atom. The van der Waals surface area contributed by atoms with Gasteiger partial charge in [0.1, 0.15) is 0 Å². The zero-order valence-corrected chi connectivity index (χ0v) is 9.63. The Balaban J connectivity index is 1.76. The third-order valence-electron chi connectivity index (χ3n) is 3.77. The van der Waals surface area contributed by atoms with Crippen LogP contribution in [0, 0.1) is 5.92 Å². The van der Waals surface area contributed by atoms with E-state index >= 15 is 0 Å². The van der Waals surface area contributed by atoms with Gasteiger partial charge in [0.2, 0.25) is 0 Å². The second-order valence-corrected chi connectivity index (χ2v) is 5.03. The van der Waals surface area contributed by atoms with Crippen molar-refractivity contribution in [3.8, 4) is 0 Å². The predicted octanol–water partition coefficient (Wildman–Crippen LogP) is 1.86. The molecule has 82 valence electrons. The van der Waals surface area contributed by atoms with Gasteiger partial charge in [-0.2, -0.15) is 0 Å². The first-order valence-corrected chi connectivity index (χ1v) is 6.28. The molecule has 1 saturated carbocycles. The van der Waals surface area contributed by atoms with E-state index in [9.17, 15) is 0 Å². The fraction of sp³-hybridized carbons (Fsp3) is 1.00. The molecule has 2 atom stereocenters. The summed E-state index contributed by atoms with van der Waals surface area (Å²) in [4.78, 5) is 2.60. The molecule has 2 nitrogen and oxygen atoms in total. The molecule has 0 aromatic heterocycles. The summed E-state index contributed by atoms with van der Waals surface area (Å²) in [5.74, 6) is 0.893. The van der Waals surface area contributed by atoms with Crippen molar-refractivity contribution >= 4 is 0 Å². The van der Waals surface area contributed by atoms with E-state index in [4.69, 9.17) is 0 Å². The fourth-order valence-electron chi connectivity index (χ4n) is 2.54. The first-order chi connectivity index (χ1) is 6.79. The van der Waals surface area contributed by atoms with Gasteiger partial charge in [-0.05, 0) is 51.6 Å². The van der Waals surface area contributed by atoms with E-state index in [1.807, 2.05) is 0 Å². The van der Waals surface area contributed by atoms with Crippen LogP contribution < -0.4 is 5.32 Å². The minimum atomic E-state index is 0.733. The molecule has 0 bridgehead atoms. The molecule has 0 spiro atoms. The molecule has 2 fully saturated rings. The van der Waals surface area contributed by atoms with Crippen molar-refractivity contribution in [2.24, 2.45) is 5.92 Å². The molecule has 1 aliphatic heterocycles. The summed E-state index contributed by atoms with van der Waals surface area (Å²) >= 11 is 0. The molecule has 14 heavy (non-hydrogen) atoms. The number of likely N-dealkylation sites (tertiary alicyclic amines) is 1. The molecule has 2 aliphatic rings. The number of hydrogen-bond donors (Lipinski definition) is 1. The Bertz CT molecular complexity index is 177. The summed E-state index contributed by atoms with van der Waals surface area (Å²) in [5.41, 5.74) is 0. The van der Waals surface area contributed by atoms with Gasteiger partial charge in [0, 0.05) is 18.6 Å². The van der Waals surface area contributed by atoms with E-state index in [-0.39, 0.29) is 0 Å². The molecular weight excluding hydrogens is 172 g/mol. The largest absolute Gasteiger partial charge is 0.311 e. The Kier molecular flexibility index (Phi) is 3.45. The standard InChI is InChI=1S/C12H24N2/c1-3-14-8-4-5-11(9-14)10(2)13-12-6-7-12/h10-13H,3-9H2,1-2H3. The van der Waals surface area contributed by atoms with Crippen LogP contribution >= 0.6 is 0 Å². The number of hydrogen-bond acceptors (Lipinski definition) is 2. The molecule has 1 aliphatic carbocycles. The number of piperidine rings is 1. The molecule has 2 rings (SSSR count). The molecule has 0 radical (unpaired) electrons. The first kappa shape index (κ1) is 10.4. The third-order valence-corrected chi connectivity index (χ3v) is 3.77. The predicted molar refractivity (Wildman–Crippen MR) is 60.5 cm³/mol. The number of nitrogens with zero attached hydrogens (tertiary/aromatic N) is 1. The first-order valence-electron chi connectivity index (χ1n) is 6.28. The maximum atomic E-state index is 3.74. The average molecular weight is 196 g/mol. The van der Waals surface area contributed by atoms with E-state index in [2.05, 4.69) is 24.1 Å². The third kappa shape index (κ3) is 2.71. The SMILES string of the molecule is CCN1CCCC(C(C)NC2CC2)C1. The molecular formula is C12H24N2. The van der Waals surface area contributed by atoms with Gasteiger partial charge < -0.3 is 10.2 Å². The summed E-state index contributed by atoms with van der Waals surface area (Å²) in [6.45, 7) is 8.52. The minimum Gasteiger partial charge on any atom is -0.311 e. The van der Waals surface area contributed by atoms with E-state index < -0.39 is 0 Å². The molecule has 0 amide bonds. The van der Waals surface area contributed by atoms with Gasteiger partial charge in [-0.1, -0.05) is 6.92 Å². The summed E-state index contributed by atoms with van der Waals surface area (Å²) in [7, 11) is 0. The van der Waals surface area contributed by atoms with Crippen molar-refractivity contribution in [2.75, 3.05) is 19.6 Å². The smallest absolute Gasteiger partial charge is 0.00818 e. The quantitative estimate of drug-likeness (QED) is 0.738. The number of rotatable bonds is 4. The van der Waals surface area contributed by atoms with Crippen molar-refractivity contribution < 1.29 is 0 Å². The Morgan fingerprint density at radius 3 is 2.79 bits per heavy atom. The zero-order valence-electron chi connectivity index (χ0n) is 9.63. The van der Waals surface area contributed by atoms with Gasteiger partial charge >= 0.3 is 0 Å². The highest BCUT2D eigenvalue weighted by Crippen LogP contribution is 2.24. The second-order valence-electron chi connectivity index (χ2n) is 5.03. The van der Waals surface area contributed by atoms with Crippen LogP contribution in [0.1, 0.15) is 39.5 Å². The van der Waals surface area contributed by atoms with Crippen LogP contribution in [0.15, 0.2) is 0 Å². The Morgan fingerprint density at radius 1 is 1.36 bits per heavy atom. The normalized spacial score (nSPS) is 31.7. The molecule has 1 heterocycles. The highest BCUT2D eigenvalue weighted by atomic mass is 15.1. The summed E-state index contributed by atoms with van der Waals surface area (Å²) in [6, 6.07) is 1.60. The van der Waals surface area contributed by atoms with Gasteiger partial charge in [0.15, 0.2) is 0 Å². The molecule has 2 unspecified atom stereocenters. The minimum absolute atomic E-state index is 0.733. The van der Waals surface area contributed by atoms with Crippen molar-refractivity contribution in [3.63, 3.8) is 0 Å². The van der Waals surface area contributed by atoms with E-state index in [0.29, 0.717) is 0 Å². The Labute approximate surface area is 88.1 Å². The second kappa shape index (κ2) is 4.63. The zero-order chi connectivity index (χ0) is 9.97. The van der Waals surface area contributed by atoms with Crippen LogP contribution in [0.2, 0.25) is 0 Å². The van der Waals surface area contributed by atoms with E-state index in [0.717, 1.165) is 18.0 Å². The lowest BCUT2D eigenvalue weighted by molar-refractivity contribution is 0.156. The van der Waals surface area contributed by atoms with Gasteiger partial charge in [-0.3, -0.25) is 0 Å². The molecule has 1 N–H and O–H groups in total. The van der Waals surface area contributed by atoms with Crippen molar-refractivity contribution in [1.29, 1.82) is 0 Å². The van der Waals surface area contributed by atoms with Crippen LogP contribution in [0.5, 0.6) is 0 Å².